The molecule has 154 valence electrons. The fraction of sp³-hybridized carbons (Fsp3) is 0.737. The number of hydrogen-bond donors (Lipinski definition) is 0. The van der Waals surface area contributed by atoms with E-state index >= 15 is 0 Å². The van der Waals surface area contributed by atoms with Gasteiger partial charge in [0.15, 0.2) is 0 Å². The molecule has 1 aromatic rings. The maximum Gasteiger partial charge on any atom is 0.309 e. The Bertz CT molecular complexity index is 623. The Morgan fingerprint density at radius 2 is 2.07 bits per heavy atom. The third-order valence-electron chi connectivity index (χ3n) is 5.03. The standard InChI is InChI=1S/C19H32N3O3S.HI/c1-5-7-8-9-13-24-19-18(20-26-21-19)16-11-10-12-22(4,14-16)15(3)25-17(23)6-2;/h11,15H,5-10,12-14H2,1-4H3;1H/q+1;/p-1. The highest BCUT2D eigenvalue weighted by atomic mass is 127. The van der Waals surface area contributed by atoms with E-state index in [1.807, 2.05) is 13.8 Å². The summed E-state index contributed by atoms with van der Waals surface area (Å²) in [4.78, 5) is 11.7. The Morgan fingerprint density at radius 1 is 1.30 bits per heavy atom. The molecule has 2 atom stereocenters. The van der Waals surface area contributed by atoms with Crippen molar-refractivity contribution < 1.29 is 42.7 Å². The lowest BCUT2D eigenvalue weighted by Crippen LogP contribution is -3.00. The minimum Gasteiger partial charge on any atom is -1.00 e. The lowest BCUT2D eigenvalue weighted by Gasteiger charge is -2.41. The minimum absolute atomic E-state index is 0. The Morgan fingerprint density at radius 3 is 2.78 bits per heavy atom. The van der Waals surface area contributed by atoms with Gasteiger partial charge in [0.1, 0.15) is 12.2 Å². The van der Waals surface area contributed by atoms with E-state index in [4.69, 9.17) is 9.47 Å². The normalized spacial score (nSPS) is 20.4. The van der Waals surface area contributed by atoms with Crippen molar-refractivity contribution in [1.82, 2.24) is 8.75 Å². The van der Waals surface area contributed by atoms with Crippen molar-refractivity contribution >= 4 is 23.3 Å². The van der Waals surface area contributed by atoms with Gasteiger partial charge in [-0.05, 0) is 6.42 Å². The second-order valence-electron chi connectivity index (χ2n) is 7.15. The molecule has 0 aliphatic carbocycles. The summed E-state index contributed by atoms with van der Waals surface area (Å²) in [5.74, 6) is 0.490. The molecule has 1 aromatic heterocycles. The van der Waals surface area contributed by atoms with E-state index in [0.717, 1.165) is 37.2 Å². The van der Waals surface area contributed by atoms with Crippen LogP contribution in [0.1, 0.15) is 65.0 Å². The van der Waals surface area contributed by atoms with Crippen LogP contribution >= 0.6 is 11.7 Å². The number of carbonyl (C=O) groups is 1. The Hall–Kier alpha value is -0.740. The Labute approximate surface area is 184 Å². The van der Waals surface area contributed by atoms with Crippen molar-refractivity contribution in [3.8, 4) is 5.88 Å². The zero-order chi connectivity index (χ0) is 19.0. The van der Waals surface area contributed by atoms with Gasteiger partial charge in [-0.2, -0.15) is 4.37 Å². The number of esters is 1. The van der Waals surface area contributed by atoms with Gasteiger partial charge in [0.2, 0.25) is 6.23 Å². The molecule has 0 saturated heterocycles. The molecule has 0 saturated carbocycles. The molecule has 0 amide bonds. The maximum atomic E-state index is 11.7. The first-order valence-electron chi connectivity index (χ1n) is 9.68. The van der Waals surface area contributed by atoms with E-state index in [1.54, 1.807) is 0 Å². The molecule has 6 nitrogen and oxygen atoms in total. The third-order valence-corrected chi connectivity index (χ3v) is 5.54. The van der Waals surface area contributed by atoms with Crippen molar-refractivity contribution in [2.45, 2.75) is 65.5 Å². The number of quaternary nitrogens is 1. The van der Waals surface area contributed by atoms with Crippen LogP contribution in [0.2, 0.25) is 0 Å². The van der Waals surface area contributed by atoms with E-state index < -0.39 is 0 Å². The highest BCUT2D eigenvalue weighted by Gasteiger charge is 2.36. The smallest absolute Gasteiger partial charge is 0.309 e. The van der Waals surface area contributed by atoms with Crippen LogP contribution in [0.25, 0.3) is 5.57 Å². The summed E-state index contributed by atoms with van der Waals surface area (Å²) in [5, 5.41) is 0. The predicted octanol–water partition coefficient (Wildman–Crippen LogP) is 1.03. The number of ether oxygens (including phenoxy) is 2. The minimum atomic E-state index is -0.184. The van der Waals surface area contributed by atoms with Gasteiger partial charge < -0.3 is 33.5 Å². The molecule has 8 heteroatoms. The summed E-state index contributed by atoms with van der Waals surface area (Å²) >= 11 is 1.19. The van der Waals surface area contributed by atoms with Gasteiger partial charge in [-0.1, -0.05) is 39.2 Å². The lowest BCUT2D eigenvalue weighted by atomic mass is 10.0. The Kier molecular flexibility index (Phi) is 10.8. The van der Waals surface area contributed by atoms with E-state index in [0.29, 0.717) is 23.4 Å². The fourth-order valence-electron chi connectivity index (χ4n) is 3.12. The van der Waals surface area contributed by atoms with Gasteiger partial charge in [-0.3, -0.25) is 9.28 Å². The molecule has 0 bridgehead atoms. The van der Waals surface area contributed by atoms with Gasteiger partial charge in [-0.25, -0.2) is 0 Å². The summed E-state index contributed by atoms with van der Waals surface area (Å²) in [6, 6.07) is 0. The average molecular weight is 509 g/mol. The zero-order valence-corrected chi connectivity index (χ0v) is 19.8. The topological polar surface area (TPSA) is 61.3 Å². The van der Waals surface area contributed by atoms with Crippen LogP contribution in [-0.2, 0) is 9.53 Å². The Balaban J connectivity index is 0.00000364. The summed E-state index contributed by atoms with van der Waals surface area (Å²) in [7, 11) is 2.13. The highest BCUT2D eigenvalue weighted by molar-refractivity contribution is 6.99. The van der Waals surface area contributed by atoms with Crippen LogP contribution in [-0.4, -0.2) is 52.2 Å². The van der Waals surface area contributed by atoms with Crippen LogP contribution in [0.3, 0.4) is 0 Å². The summed E-state index contributed by atoms with van der Waals surface area (Å²) < 4.78 is 20.9. The largest absolute Gasteiger partial charge is 1.00 e. The van der Waals surface area contributed by atoms with E-state index in [9.17, 15) is 4.79 Å². The number of aromatic nitrogens is 2. The first-order valence-corrected chi connectivity index (χ1v) is 10.4. The van der Waals surface area contributed by atoms with Gasteiger partial charge in [0, 0.05) is 25.3 Å². The second kappa shape index (κ2) is 12.0. The van der Waals surface area contributed by atoms with Crippen molar-refractivity contribution in [2.24, 2.45) is 0 Å². The van der Waals surface area contributed by atoms with E-state index in [2.05, 4.69) is 28.8 Å². The molecule has 0 N–H and O–H groups in total. The van der Waals surface area contributed by atoms with Crippen molar-refractivity contribution in [3.05, 3.63) is 11.8 Å². The van der Waals surface area contributed by atoms with Crippen LogP contribution in [0.15, 0.2) is 6.08 Å². The molecule has 27 heavy (non-hydrogen) atoms. The van der Waals surface area contributed by atoms with Crippen LogP contribution < -0.4 is 28.7 Å². The number of carbonyl (C=O) groups excluding carboxylic acids is 1. The van der Waals surface area contributed by atoms with Gasteiger partial charge in [0.25, 0.3) is 5.88 Å². The molecule has 2 unspecified atom stereocenters. The predicted molar refractivity (Wildman–Crippen MR) is 104 cm³/mol. The second-order valence-corrected chi connectivity index (χ2v) is 7.68. The molecular formula is C19H32IN3O3S. The number of rotatable bonds is 10. The SMILES string of the molecule is CCCCCCOc1nsnc1C1=CCC[N+](C)(C(C)OC(=O)CC)C1.[I-]. The number of hydrogen-bond acceptors (Lipinski definition) is 6. The molecular weight excluding hydrogens is 477 g/mol. The van der Waals surface area contributed by atoms with E-state index in [1.165, 1.54) is 31.0 Å². The molecule has 1 aliphatic heterocycles. The summed E-state index contributed by atoms with van der Waals surface area (Å²) in [6.45, 7) is 8.38. The molecule has 1 aliphatic rings. The maximum absolute atomic E-state index is 11.7. The van der Waals surface area contributed by atoms with Crippen molar-refractivity contribution in [1.29, 1.82) is 0 Å². The molecule has 0 spiro atoms. The van der Waals surface area contributed by atoms with Crippen LogP contribution in [0.5, 0.6) is 5.88 Å². The quantitative estimate of drug-likeness (QED) is 0.204. The fourth-order valence-corrected chi connectivity index (χ4v) is 3.65. The molecule has 0 fully saturated rings. The first kappa shape index (κ1) is 24.3. The number of likely N-dealkylation sites (N-methyl/N-ethyl adjacent to an activating group) is 1. The van der Waals surface area contributed by atoms with Gasteiger partial charge in [0.05, 0.1) is 31.9 Å². The molecule has 0 radical (unpaired) electrons. The van der Waals surface area contributed by atoms with Crippen molar-refractivity contribution in [2.75, 3.05) is 26.7 Å². The van der Waals surface area contributed by atoms with E-state index in [-0.39, 0.29) is 36.2 Å². The number of unbranched alkanes of at least 4 members (excludes halogenated alkanes) is 3. The average Bonchev–Trinajstić information content (AvgIpc) is 3.10. The molecule has 0 aromatic carbocycles. The molecule has 2 rings (SSSR count). The zero-order valence-electron chi connectivity index (χ0n) is 16.9. The highest BCUT2D eigenvalue weighted by Crippen LogP contribution is 2.31. The molecule has 2 heterocycles. The summed E-state index contributed by atoms with van der Waals surface area (Å²) in [6.07, 6.45) is 8.04. The monoisotopic (exact) mass is 509 g/mol. The van der Waals surface area contributed by atoms with Gasteiger partial charge >= 0.3 is 5.97 Å². The third kappa shape index (κ3) is 6.98. The van der Waals surface area contributed by atoms with Crippen LogP contribution in [0, 0.1) is 0 Å². The summed E-state index contributed by atoms with van der Waals surface area (Å²) in [5.41, 5.74) is 1.99. The van der Waals surface area contributed by atoms with Crippen LogP contribution in [0.4, 0.5) is 0 Å². The van der Waals surface area contributed by atoms with Crippen molar-refractivity contribution in [3.63, 3.8) is 0 Å². The lowest BCUT2D eigenvalue weighted by molar-refractivity contribution is -0.944. The number of halogens is 1. The first-order chi connectivity index (χ1) is 12.5. The van der Waals surface area contributed by atoms with Gasteiger partial charge in [-0.15, -0.1) is 4.37 Å². The number of nitrogens with zero attached hydrogens (tertiary/aromatic N) is 3.